The molecule has 0 amide bonds. The largest absolute Gasteiger partial charge is 0.481 e. The maximum atomic E-state index is 12.5. The highest BCUT2D eigenvalue weighted by atomic mass is 16.4. The Morgan fingerprint density at radius 3 is 2.05 bits per heavy atom. The van der Waals surface area contributed by atoms with Gasteiger partial charge in [-0.15, -0.1) is 0 Å². The Balaban J connectivity index is 2.40. The van der Waals surface area contributed by atoms with E-state index in [1.54, 1.807) is 24.3 Å². The van der Waals surface area contributed by atoms with Gasteiger partial charge in [0.25, 0.3) is 0 Å². The Morgan fingerprint density at radius 2 is 1.48 bits per heavy atom. The second kappa shape index (κ2) is 6.13. The quantitative estimate of drug-likeness (QED) is 0.676. The van der Waals surface area contributed by atoms with Crippen LogP contribution < -0.4 is 0 Å². The highest BCUT2D eigenvalue weighted by Gasteiger charge is 2.19. The van der Waals surface area contributed by atoms with Gasteiger partial charge in [-0.05, 0) is 6.92 Å². The Morgan fingerprint density at radius 1 is 0.905 bits per heavy atom. The van der Waals surface area contributed by atoms with E-state index in [1.165, 1.54) is 12.1 Å². The first-order valence-electron chi connectivity index (χ1n) is 6.44. The van der Waals surface area contributed by atoms with Crippen molar-refractivity contribution in [1.82, 2.24) is 0 Å². The Labute approximate surface area is 122 Å². The molecule has 0 bridgehead atoms. The van der Waals surface area contributed by atoms with Gasteiger partial charge in [-0.25, -0.2) is 0 Å². The van der Waals surface area contributed by atoms with Crippen molar-refractivity contribution in [2.75, 3.05) is 0 Å². The monoisotopic (exact) mass is 282 g/mol. The van der Waals surface area contributed by atoms with Crippen LogP contribution in [0.15, 0.2) is 48.5 Å². The van der Waals surface area contributed by atoms with Crippen LogP contribution in [0.1, 0.15) is 38.3 Å². The van der Waals surface area contributed by atoms with Crippen LogP contribution in [0.4, 0.5) is 0 Å². The van der Waals surface area contributed by atoms with E-state index in [1.807, 2.05) is 19.1 Å². The molecule has 0 atom stereocenters. The summed E-state index contributed by atoms with van der Waals surface area (Å²) >= 11 is 0. The molecule has 106 valence electrons. The van der Waals surface area contributed by atoms with E-state index in [-0.39, 0.29) is 16.9 Å². The number of rotatable bonds is 5. The Bertz CT molecular complexity index is 699. The molecule has 0 saturated carbocycles. The maximum absolute atomic E-state index is 12.5. The highest BCUT2D eigenvalue weighted by molar-refractivity contribution is 6.17. The lowest BCUT2D eigenvalue weighted by Gasteiger charge is -2.07. The molecule has 0 heterocycles. The molecule has 21 heavy (non-hydrogen) atoms. The van der Waals surface area contributed by atoms with E-state index in [0.29, 0.717) is 5.56 Å². The highest BCUT2D eigenvalue weighted by Crippen LogP contribution is 2.17. The molecule has 4 nitrogen and oxygen atoms in total. The van der Waals surface area contributed by atoms with Gasteiger partial charge in [0.2, 0.25) is 0 Å². The zero-order chi connectivity index (χ0) is 15.4. The van der Waals surface area contributed by atoms with Gasteiger partial charge in [0, 0.05) is 16.7 Å². The average Bonchev–Trinajstić information content (AvgIpc) is 2.46. The van der Waals surface area contributed by atoms with Crippen LogP contribution in [-0.4, -0.2) is 22.6 Å². The van der Waals surface area contributed by atoms with E-state index < -0.39 is 18.2 Å². The van der Waals surface area contributed by atoms with E-state index in [9.17, 15) is 14.4 Å². The Hall–Kier alpha value is -2.75. The third-order valence-corrected chi connectivity index (χ3v) is 3.10. The lowest BCUT2D eigenvalue weighted by molar-refractivity contribution is -0.135. The second-order valence-corrected chi connectivity index (χ2v) is 4.73. The molecule has 1 N–H and O–H groups in total. The van der Waals surface area contributed by atoms with E-state index in [2.05, 4.69) is 0 Å². The zero-order valence-electron chi connectivity index (χ0n) is 11.5. The maximum Gasteiger partial charge on any atom is 0.311 e. The first kappa shape index (κ1) is 14.7. The van der Waals surface area contributed by atoms with Crippen molar-refractivity contribution in [1.29, 1.82) is 0 Å². The number of hydrogen-bond acceptors (Lipinski definition) is 3. The van der Waals surface area contributed by atoms with E-state index in [4.69, 9.17) is 5.11 Å². The van der Waals surface area contributed by atoms with Crippen molar-refractivity contribution in [3.05, 3.63) is 70.8 Å². The molecule has 0 aliphatic heterocycles. The molecular weight excluding hydrogens is 268 g/mol. The molecule has 0 aliphatic carbocycles. The number of aliphatic carboxylic acids is 1. The smallest absolute Gasteiger partial charge is 0.311 e. The van der Waals surface area contributed by atoms with E-state index >= 15 is 0 Å². The van der Waals surface area contributed by atoms with Gasteiger partial charge in [0.15, 0.2) is 11.6 Å². The Kier molecular flexibility index (Phi) is 4.28. The van der Waals surface area contributed by atoms with Crippen molar-refractivity contribution in [2.45, 2.75) is 13.3 Å². The van der Waals surface area contributed by atoms with Gasteiger partial charge in [-0.3, -0.25) is 14.4 Å². The summed E-state index contributed by atoms with van der Waals surface area (Å²) < 4.78 is 0. The predicted octanol–water partition coefficient (Wildman–Crippen LogP) is 2.88. The summed E-state index contributed by atoms with van der Waals surface area (Å²) in [4.78, 5) is 35.1. The molecule has 0 spiro atoms. The SMILES string of the molecule is Cc1ccc(C(=O)c2ccccc2C(=O)CC(=O)O)cc1. The van der Waals surface area contributed by atoms with Gasteiger partial charge < -0.3 is 5.11 Å². The minimum atomic E-state index is -1.21. The van der Waals surface area contributed by atoms with Crippen LogP contribution in [0.2, 0.25) is 0 Å². The number of carbonyl (C=O) groups is 3. The number of ketones is 2. The minimum Gasteiger partial charge on any atom is -0.481 e. The van der Waals surface area contributed by atoms with Crippen molar-refractivity contribution in [2.24, 2.45) is 0 Å². The number of carbonyl (C=O) groups excluding carboxylic acids is 2. The van der Waals surface area contributed by atoms with Gasteiger partial charge in [0.1, 0.15) is 6.42 Å². The molecule has 4 heteroatoms. The van der Waals surface area contributed by atoms with Crippen LogP contribution in [0.25, 0.3) is 0 Å². The first-order chi connectivity index (χ1) is 9.99. The molecule has 0 saturated heterocycles. The molecular formula is C17H14O4. The first-order valence-corrected chi connectivity index (χ1v) is 6.44. The number of carboxylic acids is 1. The summed E-state index contributed by atoms with van der Waals surface area (Å²) in [5.41, 5.74) is 1.87. The van der Waals surface area contributed by atoms with Gasteiger partial charge in [-0.1, -0.05) is 54.1 Å². The van der Waals surface area contributed by atoms with Crippen LogP contribution >= 0.6 is 0 Å². The molecule has 2 rings (SSSR count). The molecule has 0 aliphatic rings. The van der Waals surface area contributed by atoms with Crippen LogP contribution in [0.3, 0.4) is 0 Å². The third kappa shape index (κ3) is 3.42. The summed E-state index contributed by atoms with van der Waals surface area (Å²) in [6.45, 7) is 1.92. The summed E-state index contributed by atoms with van der Waals surface area (Å²) in [6, 6.07) is 13.3. The van der Waals surface area contributed by atoms with Crippen molar-refractivity contribution >= 4 is 17.5 Å². The fourth-order valence-corrected chi connectivity index (χ4v) is 2.02. The van der Waals surface area contributed by atoms with Gasteiger partial charge in [0.05, 0.1) is 0 Å². The topological polar surface area (TPSA) is 71.4 Å². The summed E-state index contributed by atoms with van der Waals surface area (Å²) in [6.07, 6.45) is -0.627. The average molecular weight is 282 g/mol. The van der Waals surface area contributed by atoms with Crippen LogP contribution in [0, 0.1) is 6.92 Å². The molecule has 2 aromatic carbocycles. The molecule has 0 radical (unpaired) electrons. The molecule has 2 aromatic rings. The fraction of sp³-hybridized carbons (Fsp3) is 0.118. The number of aryl methyl sites for hydroxylation is 1. The van der Waals surface area contributed by atoms with Gasteiger partial charge in [-0.2, -0.15) is 0 Å². The summed E-state index contributed by atoms with van der Waals surface area (Å²) in [5, 5.41) is 8.72. The van der Waals surface area contributed by atoms with Crippen LogP contribution in [-0.2, 0) is 4.79 Å². The zero-order valence-corrected chi connectivity index (χ0v) is 11.5. The molecule has 0 unspecified atom stereocenters. The molecule has 0 fully saturated rings. The van der Waals surface area contributed by atoms with Crippen molar-refractivity contribution < 1.29 is 19.5 Å². The number of hydrogen-bond donors (Lipinski definition) is 1. The normalized spacial score (nSPS) is 10.1. The number of carboxylic acid groups (broad SMARTS) is 1. The van der Waals surface area contributed by atoms with Crippen LogP contribution in [0.5, 0.6) is 0 Å². The van der Waals surface area contributed by atoms with E-state index in [0.717, 1.165) is 5.56 Å². The minimum absolute atomic E-state index is 0.144. The fourth-order valence-electron chi connectivity index (χ4n) is 2.02. The number of Topliss-reactive ketones (excluding diaryl/α,β-unsaturated/α-hetero) is 1. The van der Waals surface area contributed by atoms with Crippen molar-refractivity contribution in [3.8, 4) is 0 Å². The standard InChI is InChI=1S/C17H14O4/c1-11-6-8-12(9-7-11)17(21)14-5-3-2-4-13(14)15(18)10-16(19)20/h2-9H,10H2,1H3,(H,19,20). The third-order valence-electron chi connectivity index (χ3n) is 3.10. The second-order valence-electron chi connectivity index (χ2n) is 4.73. The van der Waals surface area contributed by atoms with Gasteiger partial charge >= 0.3 is 5.97 Å². The lowest BCUT2D eigenvalue weighted by Crippen LogP contribution is -2.13. The lowest BCUT2D eigenvalue weighted by atomic mass is 9.95. The summed E-state index contributed by atoms with van der Waals surface area (Å²) in [7, 11) is 0. The molecule has 0 aromatic heterocycles. The van der Waals surface area contributed by atoms with Crippen molar-refractivity contribution in [3.63, 3.8) is 0 Å². The summed E-state index contributed by atoms with van der Waals surface area (Å²) in [5.74, 6) is -2.07. The number of benzene rings is 2. The predicted molar refractivity (Wildman–Crippen MR) is 77.6 cm³/mol.